The molecule has 1 aromatic heterocycles. The van der Waals surface area contributed by atoms with Gasteiger partial charge < -0.3 is 4.57 Å². The first-order valence-electron chi connectivity index (χ1n) is 6.38. The van der Waals surface area contributed by atoms with E-state index < -0.39 is 0 Å². The zero-order valence-electron chi connectivity index (χ0n) is 10.7. The highest BCUT2D eigenvalue weighted by Gasteiger charge is 2.09. The number of aromatic nitrogens is 2. The molecule has 0 aliphatic rings. The number of imidazole rings is 1. The molecule has 2 rings (SSSR count). The van der Waals surface area contributed by atoms with Crippen LogP contribution in [0.15, 0.2) is 36.7 Å². The predicted octanol–water partition coefficient (Wildman–Crippen LogP) is 2.89. The molecule has 0 unspecified atom stereocenters. The molecule has 0 N–H and O–H groups in total. The fourth-order valence-electron chi connectivity index (χ4n) is 2.13. The van der Waals surface area contributed by atoms with Crippen molar-refractivity contribution in [2.24, 2.45) is 0 Å². The highest BCUT2D eigenvalue weighted by atomic mass is 16.1. The van der Waals surface area contributed by atoms with E-state index in [0.717, 1.165) is 37.8 Å². The first kappa shape index (κ1) is 12.6. The van der Waals surface area contributed by atoms with Crippen LogP contribution in [-0.4, -0.2) is 15.8 Å². The Morgan fingerprint density at radius 1 is 1.22 bits per heavy atom. The van der Waals surface area contributed by atoms with Gasteiger partial charge in [0, 0.05) is 12.2 Å². The first-order valence-corrected chi connectivity index (χ1v) is 6.38. The van der Waals surface area contributed by atoms with Crippen LogP contribution in [-0.2, 0) is 19.4 Å². The van der Waals surface area contributed by atoms with Gasteiger partial charge in [0.15, 0.2) is 6.29 Å². The van der Waals surface area contributed by atoms with Crippen LogP contribution in [0.4, 0.5) is 0 Å². The zero-order chi connectivity index (χ0) is 12.8. The summed E-state index contributed by atoms with van der Waals surface area (Å²) in [5.41, 5.74) is 2.92. The van der Waals surface area contributed by atoms with Gasteiger partial charge in [0.1, 0.15) is 5.69 Å². The van der Waals surface area contributed by atoms with Crippen LogP contribution in [0.5, 0.6) is 0 Å². The second kappa shape index (κ2) is 6.15. The lowest BCUT2D eigenvalue weighted by molar-refractivity contribution is 0.111. The summed E-state index contributed by atoms with van der Waals surface area (Å²) in [5, 5.41) is 0. The quantitative estimate of drug-likeness (QED) is 0.730. The van der Waals surface area contributed by atoms with Gasteiger partial charge in [-0.2, -0.15) is 0 Å². The Balaban J connectivity index is 2.12. The molecule has 3 nitrogen and oxygen atoms in total. The standard InChI is InChI=1S/C15H18N2O/c1-2-10-17-12-16-14(11-18)15(17)9-8-13-6-4-3-5-7-13/h3-7,11-12H,2,8-10H2,1H3. The molecule has 0 aliphatic carbocycles. The van der Waals surface area contributed by atoms with Crippen LogP contribution in [0, 0.1) is 0 Å². The molecule has 0 atom stereocenters. The Morgan fingerprint density at radius 3 is 2.67 bits per heavy atom. The van der Waals surface area contributed by atoms with E-state index >= 15 is 0 Å². The summed E-state index contributed by atoms with van der Waals surface area (Å²) in [6.07, 6.45) is 5.47. The summed E-state index contributed by atoms with van der Waals surface area (Å²) in [5.74, 6) is 0. The molecule has 0 saturated carbocycles. The molecule has 0 spiro atoms. The molecule has 0 saturated heterocycles. The van der Waals surface area contributed by atoms with Crippen molar-refractivity contribution in [2.75, 3.05) is 0 Å². The van der Waals surface area contributed by atoms with Gasteiger partial charge in [0.05, 0.1) is 6.33 Å². The fourth-order valence-corrected chi connectivity index (χ4v) is 2.13. The van der Waals surface area contributed by atoms with E-state index in [9.17, 15) is 4.79 Å². The van der Waals surface area contributed by atoms with Gasteiger partial charge in [0.25, 0.3) is 0 Å². The number of carbonyl (C=O) groups is 1. The van der Waals surface area contributed by atoms with Gasteiger partial charge in [0.2, 0.25) is 0 Å². The lowest BCUT2D eigenvalue weighted by Gasteiger charge is -2.07. The number of hydrogen-bond donors (Lipinski definition) is 0. The molecule has 3 heteroatoms. The maximum Gasteiger partial charge on any atom is 0.170 e. The van der Waals surface area contributed by atoms with E-state index in [1.807, 2.05) is 18.2 Å². The molecular formula is C15H18N2O. The lowest BCUT2D eigenvalue weighted by Crippen LogP contribution is -2.05. The van der Waals surface area contributed by atoms with Crippen molar-refractivity contribution in [1.29, 1.82) is 0 Å². The third-order valence-electron chi connectivity index (χ3n) is 3.05. The van der Waals surface area contributed by atoms with Crippen molar-refractivity contribution < 1.29 is 4.79 Å². The average molecular weight is 242 g/mol. The minimum absolute atomic E-state index is 0.583. The summed E-state index contributed by atoms with van der Waals surface area (Å²) in [7, 11) is 0. The van der Waals surface area contributed by atoms with Crippen LogP contribution in [0.1, 0.15) is 35.1 Å². The topological polar surface area (TPSA) is 34.9 Å². The largest absolute Gasteiger partial charge is 0.334 e. The summed E-state index contributed by atoms with van der Waals surface area (Å²) < 4.78 is 2.09. The Kier molecular flexibility index (Phi) is 4.29. The van der Waals surface area contributed by atoms with E-state index in [4.69, 9.17) is 0 Å². The maximum atomic E-state index is 11.0. The molecule has 18 heavy (non-hydrogen) atoms. The number of aldehydes is 1. The van der Waals surface area contributed by atoms with E-state index in [0.29, 0.717) is 5.69 Å². The third-order valence-corrected chi connectivity index (χ3v) is 3.05. The van der Waals surface area contributed by atoms with Crippen molar-refractivity contribution >= 4 is 6.29 Å². The number of aryl methyl sites for hydroxylation is 2. The Hall–Kier alpha value is -1.90. The van der Waals surface area contributed by atoms with Crippen LogP contribution >= 0.6 is 0 Å². The third kappa shape index (κ3) is 2.86. The summed E-state index contributed by atoms with van der Waals surface area (Å²) in [6.45, 7) is 3.05. The molecule has 1 aromatic carbocycles. The van der Waals surface area contributed by atoms with E-state index in [1.165, 1.54) is 5.56 Å². The number of benzene rings is 1. The highest BCUT2D eigenvalue weighted by Crippen LogP contribution is 2.11. The molecule has 0 bridgehead atoms. The number of carbonyl (C=O) groups excluding carboxylic acids is 1. The molecular weight excluding hydrogens is 224 g/mol. The van der Waals surface area contributed by atoms with E-state index in [2.05, 4.69) is 28.6 Å². The smallest absolute Gasteiger partial charge is 0.170 e. The Bertz CT molecular complexity index is 502. The molecule has 0 aliphatic heterocycles. The molecule has 1 heterocycles. The van der Waals surface area contributed by atoms with Crippen LogP contribution in [0.25, 0.3) is 0 Å². The van der Waals surface area contributed by atoms with E-state index in [1.54, 1.807) is 6.33 Å². The molecule has 2 aromatic rings. The maximum absolute atomic E-state index is 11.0. The van der Waals surface area contributed by atoms with Crippen molar-refractivity contribution in [2.45, 2.75) is 32.7 Å². The second-order valence-electron chi connectivity index (χ2n) is 4.37. The number of rotatable bonds is 6. The monoisotopic (exact) mass is 242 g/mol. The fraction of sp³-hybridized carbons (Fsp3) is 0.333. The minimum atomic E-state index is 0.583. The second-order valence-corrected chi connectivity index (χ2v) is 4.37. The number of hydrogen-bond acceptors (Lipinski definition) is 2. The highest BCUT2D eigenvalue weighted by molar-refractivity contribution is 5.73. The SMILES string of the molecule is CCCn1cnc(C=O)c1CCc1ccccc1. The van der Waals surface area contributed by atoms with Crippen LogP contribution < -0.4 is 0 Å². The van der Waals surface area contributed by atoms with E-state index in [-0.39, 0.29) is 0 Å². The summed E-state index contributed by atoms with van der Waals surface area (Å²) in [6, 6.07) is 10.3. The van der Waals surface area contributed by atoms with Crippen LogP contribution in [0.3, 0.4) is 0 Å². The Morgan fingerprint density at radius 2 is 2.00 bits per heavy atom. The van der Waals surface area contributed by atoms with Gasteiger partial charge in [-0.1, -0.05) is 37.3 Å². The summed E-state index contributed by atoms with van der Waals surface area (Å²) >= 11 is 0. The van der Waals surface area contributed by atoms with Gasteiger partial charge in [-0.25, -0.2) is 4.98 Å². The molecule has 0 amide bonds. The number of nitrogens with zero attached hydrogens (tertiary/aromatic N) is 2. The van der Waals surface area contributed by atoms with Crippen molar-refractivity contribution in [3.05, 3.63) is 53.6 Å². The summed E-state index contributed by atoms with van der Waals surface area (Å²) in [4.78, 5) is 15.1. The minimum Gasteiger partial charge on any atom is -0.334 e. The first-order chi connectivity index (χ1) is 8.85. The zero-order valence-corrected chi connectivity index (χ0v) is 10.7. The van der Waals surface area contributed by atoms with Gasteiger partial charge in [-0.15, -0.1) is 0 Å². The predicted molar refractivity (Wildman–Crippen MR) is 71.8 cm³/mol. The van der Waals surface area contributed by atoms with Crippen molar-refractivity contribution in [3.8, 4) is 0 Å². The average Bonchev–Trinajstić information content (AvgIpc) is 2.80. The Labute approximate surface area is 107 Å². The molecule has 94 valence electrons. The lowest BCUT2D eigenvalue weighted by atomic mass is 10.1. The van der Waals surface area contributed by atoms with Gasteiger partial charge in [-0.05, 0) is 24.8 Å². The molecule has 0 fully saturated rings. The van der Waals surface area contributed by atoms with Gasteiger partial charge >= 0.3 is 0 Å². The molecule has 0 radical (unpaired) electrons. The van der Waals surface area contributed by atoms with Crippen LogP contribution in [0.2, 0.25) is 0 Å². The van der Waals surface area contributed by atoms with Crippen molar-refractivity contribution in [3.63, 3.8) is 0 Å². The van der Waals surface area contributed by atoms with Gasteiger partial charge in [-0.3, -0.25) is 4.79 Å². The normalized spacial score (nSPS) is 10.5. The van der Waals surface area contributed by atoms with Crippen molar-refractivity contribution in [1.82, 2.24) is 9.55 Å².